The highest BCUT2D eigenvalue weighted by atomic mass is 32.2. The molecule has 3 rings (SSSR count). The van der Waals surface area contributed by atoms with Crippen molar-refractivity contribution in [3.63, 3.8) is 0 Å². The number of sulfonamides is 1. The predicted molar refractivity (Wildman–Crippen MR) is 124 cm³/mol. The number of amides is 4. The summed E-state index contributed by atoms with van der Waals surface area (Å²) in [5, 5.41) is 14.8. The number of likely N-dealkylation sites (tertiary alicyclic amines) is 1. The van der Waals surface area contributed by atoms with E-state index in [4.69, 9.17) is 0 Å². The molecule has 2 aliphatic carbocycles. The molecule has 3 aliphatic rings. The third kappa shape index (κ3) is 5.61. The third-order valence-corrected chi connectivity index (χ3v) is 8.49. The largest absolute Gasteiger partial charge is 0.453 e. The van der Waals surface area contributed by atoms with Crippen LogP contribution in [0.5, 0.6) is 0 Å². The number of hydrogen-bond donors (Lipinski definition) is 4. The van der Waals surface area contributed by atoms with E-state index < -0.39 is 74.1 Å². The van der Waals surface area contributed by atoms with Gasteiger partial charge in [0.1, 0.15) is 17.6 Å². The van der Waals surface area contributed by atoms with Gasteiger partial charge in [-0.3, -0.25) is 19.1 Å². The first-order valence-corrected chi connectivity index (χ1v) is 13.0. The van der Waals surface area contributed by atoms with Gasteiger partial charge < -0.3 is 25.4 Å². The van der Waals surface area contributed by atoms with Crippen LogP contribution in [0.25, 0.3) is 0 Å². The van der Waals surface area contributed by atoms with Crippen LogP contribution in [0.1, 0.15) is 46.5 Å². The monoisotopic (exact) mass is 514 g/mol. The number of aliphatic hydroxyl groups is 1. The van der Waals surface area contributed by atoms with Crippen molar-refractivity contribution in [2.24, 2.45) is 11.3 Å². The van der Waals surface area contributed by atoms with Crippen LogP contribution in [0.15, 0.2) is 12.7 Å². The summed E-state index contributed by atoms with van der Waals surface area (Å²) in [5.41, 5.74) is -2.25. The zero-order chi connectivity index (χ0) is 26.3. The van der Waals surface area contributed by atoms with Crippen molar-refractivity contribution in [3.05, 3.63) is 12.7 Å². The minimum absolute atomic E-state index is 0.0799. The number of nitrogens with one attached hydrogen (secondary N) is 3. The van der Waals surface area contributed by atoms with Crippen molar-refractivity contribution in [1.29, 1.82) is 0 Å². The lowest BCUT2D eigenvalue weighted by molar-refractivity contribution is -0.142. The molecule has 0 aromatic rings. The second kappa shape index (κ2) is 9.41. The van der Waals surface area contributed by atoms with E-state index >= 15 is 0 Å². The zero-order valence-electron chi connectivity index (χ0n) is 20.4. The Morgan fingerprint density at radius 1 is 1.23 bits per heavy atom. The number of nitrogens with zero attached hydrogens (tertiary/aromatic N) is 1. The molecule has 5 unspecified atom stereocenters. The fourth-order valence-corrected chi connectivity index (χ4v) is 5.68. The molecule has 0 radical (unpaired) electrons. The highest BCUT2D eigenvalue weighted by Gasteiger charge is 2.62. The van der Waals surface area contributed by atoms with Crippen molar-refractivity contribution >= 4 is 33.8 Å². The lowest BCUT2D eigenvalue weighted by atomic mass is 9.85. The molecule has 5 atom stereocenters. The maximum absolute atomic E-state index is 13.4. The van der Waals surface area contributed by atoms with Gasteiger partial charge in [-0.1, -0.05) is 26.8 Å². The lowest BCUT2D eigenvalue weighted by Gasteiger charge is -2.35. The molecule has 1 heterocycles. The van der Waals surface area contributed by atoms with Crippen LogP contribution in [0.2, 0.25) is 0 Å². The third-order valence-electron chi connectivity index (χ3n) is 6.67. The second-order valence-electron chi connectivity index (χ2n) is 10.5. The molecular weight excluding hydrogens is 480 g/mol. The topological polar surface area (TPSA) is 171 Å². The summed E-state index contributed by atoms with van der Waals surface area (Å²) in [6.45, 7) is 8.69. The van der Waals surface area contributed by atoms with E-state index in [1.165, 1.54) is 11.0 Å². The van der Waals surface area contributed by atoms with E-state index in [-0.39, 0.29) is 19.4 Å². The Labute approximate surface area is 204 Å². The molecule has 35 heavy (non-hydrogen) atoms. The Bertz CT molecular complexity index is 1020. The van der Waals surface area contributed by atoms with E-state index in [0.717, 1.165) is 7.11 Å². The van der Waals surface area contributed by atoms with Crippen LogP contribution < -0.4 is 15.4 Å². The fourth-order valence-electron chi connectivity index (χ4n) is 4.32. The quantitative estimate of drug-likeness (QED) is 0.311. The fraction of sp³-hybridized carbons (Fsp3) is 0.727. The summed E-state index contributed by atoms with van der Waals surface area (Å²) in [4.78, 5) is 52.6. The molecule has 4 amide bonds. The van der Waals surface area contributed by atoms with Crippen LogP contribution in [0.4, 0.5) is 4.79 Å². The van der Waals surface area contributed by atoms with Crippen LogP contribution in [0.3, 0.4) is 0 Å². The number of aliphatic hydroxyl groups excluding tert-OH is 1. The Kier molecular flexibility index (Phi) is 7.24. The number of ether oxygens (including phenoxy) is 1. The molecule has 196 valence electrons. The average molecular weight is 515 g/mol. The Balaban J connectivity index is 1.79. The maximum Gasteiger partial charge on any atom is 0.407 e. The number of hydrogen-bond acceptors (Lipinski definition) is 8. The minimum Gasteiger partial charge on any atom is -0.453 e. The second-order valence-corrected chi connectivity index (χ2v) is 12.5. The minimum atomic E-state index is -3.83. The molecule has 0 aromatic carbocycles. The van der Waals surface area contributed by atoms with Crippen molar-refractivity contribution < 1.29 is 37.4 Å². The van der Waals surface area contributed by atoms with Crippen molar-refractivity contribution in [2.45, 2.75) is 75.4 Å². The van der Waals surface area contributed by atoms with Crippen molar-refractivity contribution in [1.82, 2.24) is 20.3 Å². The smallest absolute Gasteiger partial charge is 0.407 e. The summed E-state index contributed by atoms with van der Waals surface area (Å²) in [6, 6.07) is -2.18. The standard InChI is InChI=1S/C22H34N4O8S/c1-6-12-10-22(12,19(30)25-35(32,33)14-7-8-14)24-17(28)15-9-13(27)11-26(15)18(29)16(21(2,3)4)23-20(31)34-5/h6,12-16,27H,1,7-11H2,2-5H3,(H,23,31)(H,24,28)(H,25,30). The van der Waals surface area contributed by atoms with E-state index in [2.05, 4.69) is 26.7 Å². The molecule has 3 fully saturated rings. The lowest BCUT2D eigenvalue weighted by Crippen LogP contribution is -2.60. The number of alkyl carbamates (subject to hydrolysis) is 1. The van der Waals surface area contributed by atoms with Gasteiger partial charge in [0.05, 0.1) is 18.5 Å². The van der Waals surface area contributed by atoms with Gasteiger partial charge in [0.15, 0.2) is 0 Å². The summed E-state index contributed by atoms with van der Waals surface area (Å²) >= 11 is 0. The van der Waals surface area contributed by atoms with E-state index in [0.29, 0.717) is 12.8 Å². The number of carbonyl (C=O) groups excluding carboxylic acids is 4. The van der Waals surface area contributed by atoms with Crippen molar-refractivity contribution in [3.8, 4) is 0 Å². The van der Waals surface area contributed by atoms with Crippen LogP contribution in [-0.2, 0) is 29.1 Å². The predicted octanol–water partition coefficient (Wildman–Crippen LogP) is -0.612. The average Bonchev–Trinajstić information content (AvgIpc) is 3.67. The summed E-state index contributed by atoms with van der Waals surface area (Å²) in [7, 11) is -2.67. The number of methoxy groups -OCH3 is 1. The first kappa shape index (κ1) is 26.9. The highest BCUT2D eigenvalue weighted by Crippen LogP contribution is 2.45. The van der Waals surface area contributed by atoms with Gasteiger partial charge in [-0.05, 0) is 24.7 Å². The Morgan fingerprint density at radius 3 is 2.34 bits per heavy atom. The van der Waals surface area contributed by atoms with Crippen LogP contribution in [0, 0.1) is 11.3 Å². The highest BCUT2D eigenvalue weighted by molar-refractivity contribution is 7.91. The number of β-amino-alcohol motifs (C(OH)–C–C–N with tert-alkyl or cyclic N) is 1. The molecule has 2 saturated carbocycles. The molecular formula is C22H34N4O8S. The van der Waals surface area contributed by atoms with Gasteiger partial charge >= 0.3 is 6.09 Å². The Morgan fingerprint density at radius 2 is 1.86 bits per heavy atom. The molecule has 13 heteroatoms. The molecule has 0 bridgehead atoms. The SMILES string of the molecule is C=CC1CC1(NC(=O)C1CC(O)CN1C(=O)C(NC(=O)OC)C(C)(C)C)C(=O)NS(=O)(=O)C1CC1. The van der Waals surface area contributed by atoms with E-state index in [1.807, 2.05) is 0 Å². The molecule has 4 N–H and O–H groups in total. The summed E-state index contributed by atoms with van der Waals surface area (Å²) < 4.78 is 31.2. The van der Waals surface area contributed by atoms with E-state index in [1.54, 1.807) is 20.8 Å². The molecule has 0 aromatic heterocycles. The number of carbonyl (C=O) groups is 4. The summed E-state index contributed by atoms with van der Waals surface area (Å²) in [5.74, 6) is -2.63. The van der Waals surface area contributed by atoms with Crippen molar-refractivity contribution in [2.75, 3.05) is 13.7 Å². The van der Waals surface area contributed by atoms with Crippen LogP contribution >= 0.6 is 0 Å². The Hall–Kier alpha value is -2.67. The molecule has 1 saturated heterocycles. The van der Waals surface area contributed by atoms with Gasteiger partial charge in [0.25, 0.3) is 5.91 Å². The van der Waals surface area contributed by atoms with Crippen LogP contribution in [-0.4, -0.2) is 84.9 Å². The summed E-state index contributed by atoms with van der Waals surface area (Å²) in [6.07, 6.45) is 0.666. The van der Waals surface area contributed by atoms with Gasteiger partial charge in [-0.2, -0.15) is 0 Å². The maximum atomic E-state index is 13.4. The first-order chi connectivity index (χ1) is 16.2. The molecule has 12 nitrogen and oxygen atoms in total. The number of rotatable bonds is 8. The van der Waals surface area contributed by atoms with Gasteiger partial charge in [0.2, 0.25) is 21.8 Å². The van der Waals surface area contributed by atoms with Gasteiger partial charge in [-0.15, -0.1) is 6.58 Å². The van der Waals surface area contributed by atoms with E-state index in [9.17, 15) is 32.7 Å². The zero-order valence-corrected chi connectivity index (χ0v) is 21.2. The first-order valence-electron chi connectivity index (χ1n) is 11.5. The molecule has 1 aliphatic heterocycles. The van der Waals surface area contributed by atoms with Gasteiger partial charge in [-0.25, -0.2) is 13.2 Å². The van der Waals surface area contributed by atoms with Gasteiger partial charge in [0, 0.05) is 18.9 Å². The normalized spacial score (nSPS) is 29.1. The molecule has 0 spiro atoms.